The maximum Gasteiger partial charge on any atom is 0.318 e. The Morgan fingerprint density at radius 2 is 2.10 bits per heavy atom. The van der Waals surface area contributed by atoms with Crippen LogP contribution in [0.4, 0.5) is 23.3 Å². The maximum atomic E-state index is 13.0. The topological polar surface area (TPSA) is 165 Å². The van der Waals surface area contributed by atoms with Crippen LogP contribution in [-0.4, -0.2) is 71.2 Å². The monoisotopic (exact) mass is 553 g/mol. The van der Waals surface area contributed by atoms with Gasteiger partial charge in [0.05, 0.1) is 23.4 Å². The third kappa shape index (κ3) is 5.65. The Balaban J connectivity index is 1.14. The van der Waals surface area contributed by atoms with Crippen LogP contribution >= 0.6 is 0 Å². The average molecular weight is 554 g/mol. The number of para-hydroxylation sites is 1. The van der Waals surface area contributed by atoms with Gasteiger partial charge < -0.3 is 26.1 Å². The lowest BCUT2D eigenvalue weighted by Gasteiger charge is -2.16. The van der Waals surface area contributed by atoms with Gasteiger partial charge in [0.1, 0.15) is 11.9 Å². The SMILES string of the molecule is Cc1cnc(Nc2cc(C)n(C)n2)nc1-c1c[nH]c2c(NC(=O)CN3CCC(Oc4nccc(N)n4)C3)cccc12. The summed E-state index contributed by atoms with van der Waals surface area (Å²) in [5.74, 6) is 1.39. The summed E-state index contributed by atoms with van der Waals surface area (Å²) in [5, 5.41) is 11.6. The minimum Gasteiger partial charge on any atom is -0.459 e. The van der Waals surface area contributed by atoms with Crippen LogP contribution in [0, 0.1) is 13.8 Å². The van der Waals surface area contributed by atoms with Crippen LogP contribution < -0.4 is 21.1 Å². The van der Waals surface area contributed by atoms with Crippen molar-refractivity contribution in [3.8, 4) is 17.3 Å². The molecule has 41 heavy (non-hydrogen) atoms. The van der Waals surface area contributed by atoms with E-state index >= 15 is 0 Å². The summed E-state index contributed by atoms with van der Waals surface area (Å²) in [6.45, 7) is 5.54. The van der Waals surface area contributed by atoms with Crippen molar-refractivity contribution in [2.45, 2.75) is 26.4 Å². The zero-order valence-corrected chi connectivity index (χ0v) is 23.0. The number of carbonyl (C=O) groups is 1. The van der Waals surface area contributed by atoms with Gasteiger partial charge in [-0.1, -0.05) is 12.1 Å². The summed E-state index contributed by atoms with van der Waals surface area (Å²) < 4.78 is 7.64. The Morgan fingerprint density at radius 1 is 1.22 bits per heavy atom. The molecule has 1 saturated heterocycles. The van der Waals surface area contributed by atoms with Gasteiger partial charge in [-0.3, -0.25) is 14.4 Å². The molecule has 0 bridgehead atoms. The average Bonchev–Trinajstić information content (AvgIpc) is 3.64. The predicted octanol–water partition coefficient (Wildman–Crippen LogP) is 3.18. The third-order valence-corrected chi connectivity index (χ3v) is 7.09. The van der Waals surface area contributed by atoms with Crippen molar-refractivity contribution >= 4 is 40.1 Å². The van der Waals surface area contributed by atoms with Crippen molar-refractivity contribution in [3.63, 3.8) is 0 Å². The molecular weight excluding hydrogens is 522 g/mol. The van der Waals surface area contributed by atoms with Gasteiger partial charge in [0.15, 0.2) is 5.82 Å². The molecule has 0 saturated carbocycles. The van der Waals surface area contributed by atoms with Gasteiger partial charge in [-0.15, -0.1) is 0 Å². The van der Waals surface area contributed by atoms with E-state index in [-0.39, 0.29) is 24.6 Å². The fourth-order valence-corrected chi connectivity index (χ4v) is 4.96. The Labute approximate surface area is 236 Å². The highest BCUT2D eigenvalue weighted by Crippen LogP contribution is 2.33. The molecule has 0 aliphatic carbocycles. The molecule has 1 aliphatic rings. The molecule has 6 rings (SSSR count). The van der Waals surface area contributed by atoms with Gasteiger partial charge in [0, 0.05) is 61.4 Å². The van der Waals surface area contributed by atoms with Crippen LogP contribution in [0.15, 0.2) is 48.9 Å². The molecule has 1 fully saturated rings. The molecule has 1 amide bonds. The number of aromatic nitrogens is 7. The van der Waals surface area contributed by atoms with E-state index in [0.29, 0.717) is 29.8 Å². The fourth-order valence-electron chi connectivity index (χ4n) is 4.96. The number of hydrogen-bond acceptors (Lipinski definition) is 10. The van der Waals surface area contributed by atoms with E-state index in [0.717, 1.165) is 46.4 Å². The van der Waals surface area contributed by atoms with E-state index in [1.165, 1.54) is 0 Å². The van der Waals surface area contributed by atoms with E-state index in [4.69, 9.17) is 15.5 Å². The largest absolute Gasteiger partial charge is 0.459 e. The normalized spacial score (nSPS) is 15.3. The Bertz CT molecular complexity index is 1710. The first-order valence-electron chi connectivity index (χ1n) is 13.3. The number of benzene rings is 1. The molecule has 13 heteroatoms. The molecule has 0 spiro atoms. The smallest absolute Gasteiger partial charge is 0.318 e. The van der Waals surface area contributed by atoms with Crippen LogP contribution in [0.5, 0.6) is 6.01 Å². The summed E-state index contributed by atoms with van der Waals surface area (Å²) in [6, 6.07) is 9.62. The van der Waals surface area contributed by atoms with Gasteiger partial charge in [-0.2, -0.15) is 10.1 Å². The molecule has 1 unspecified atom stereocenters. The lowest BCUT2D eigenvalue weighted by atomic mass is 10.1. The van der Waals surface area contributed by atoms with Gasteiger partial charge >= 0.3 is 6.01 Å². The highest BCUT2D eigenvalue weighted by Gasteiger charge is 2.26. The fraction of sp³-hybridized carbons (Fsp3) is 0.286. The standard InChI is InChI=1S/C28H31N11O2/c1-16-12-32-27(35-23-11-17(2)38(3)37-23)36-25(16)20-13-31-26-19(20)5-4-6-21(26)33-24(40)15-39-10-8-18(14-39)41-28-30-9-7-22(29)34-28/h4-7,9,11-13,18,31H,8,10,14-15H2,1-3H3,(H,33,40)(H2,29,30,34)(H,32,35,36,37). The van der Waals surface area contributed by atoms with E-state index in [1.54, 1.807) is 23.1 Å². The zero-order valence-electron chi connectivity index (χ0n) is 23.0. The molecule has 1 atom stereocenters. The number of nitrogens with two attached hydrogens (primary N) is 1. The molecule has 13 nitrogen and oxygen atoms in total. The van der Waals surface area contributed by atoms with Gasteiger partial charge in [-0.05, 0) is 38.0 Å². The summed E-state index contributed by atoms with van der Waals surface area (Å²) >= 11 is 0. The number of aromatic amines is 1. The van der Waals surface area contributed by atoms with E-state index in [1.807, 2.05) is 51.4 Å². The van der Waals surface area contributed by atoms with Gasteiger partial charge in [0.25, 0.3) is 0 Å². The molecular formula is C28H31N11O2. The van der Waals surface area contributed by atoms with Crippen molar-refractivity contribution in [3.05, 3.63) is 60.2 Å². The summed E-state index contributed by atoms with van der Waals surface area (Å²) in [7, 11) is 1.89. The number of nitrogens with one attached hydrogen (secondary N) is 3. The quantitative estimate of drug-likeness (QED) is 0.224. The third-order valence-electron chi connectivity index (χ3n) is 7.09. The highest BCUT2D eigenvalue weighted by atomic mass is 16.5. The van der Waals surface area contributed by atoms with Crippen molar-refractivity contribution in [2.24, 2.45) is 7.05 Å². The Hall–Kier alpha value is -5.04. The van der Waals surface area contributed by atoms with Crippen LogP contribution in [-0.2, 0) is 11.8 Å². The van der Waals surface area contributed by atoms with Crippen LogP contribution in [0.2, 0.25) is 0 Å². The van der Waals surface area contributed by atoms with Crippen molar-refractivity contribution in [2.75, 3.05) is 36.0 Å². The zero-order chi connectivity index (χ0) is 28.5. The Kier molecular flexibility index (Phi) is 6.93. The first kappa shape index (κ1) is 26.2. The van der Waals surface area contributed by atoms with Crippen LogP contribution in [0.3, 0.4) is 0 Å². The lowest BCUT2D eigenvalue weighted by molar-refractivity contribution is -0.117. The molecule has 4 aromatic heterocycles. The number of aryl methyl sites for hydroxylation is 3. The molecule has 1 aliphatic heterocycles. The molecule has 5 heterocycles. The second-order valence-corrected chi connectivity index (χ2v) is 10.2. The maximum absolute atomic E-state index is 13.0. The number of nitrogen functional groups attached to an aromatic ring is 1. The molecule has 5 N–H and O–H groups in total. The molecule has 5 aromatic rings. The molecule has 210 valence electrons. The van der Waals surface area contributed by atoms with Gasteiger partial charge in [0.2, 0.25) is 11.9 Å². The van der Waals surface area contributed by atoms with Crippen molar-refractivity contribution in [1.29, 1.82) is 0 Å². The van der Waals surface area contributed by atoms with E-state index < -0.39 is 0 Å². The predicted molar refractivity (Wildman–Crippen MR) is 156 cm³/mol. The number of carbonyl (C=O) groups excluding carboxylic acids is 1. The molecule has 0 radical (unpaired) electrons. The number of amides is 1. The molecule has 1 aromatic carbocycles. The minimum atomic E-state index is -0.107. The van der Waals surface area contributed by atoms with Crippen LogP contribution in [0.1, 0.15) is 17.7 Å². The Morgan fingerprint density at radius 3 is 2.90 bits per heavy atom. The first-order chi connectivity index (χ1) is 19.8. The van der Waals surface area contributed by atoms with Crippen LogP contribution in [0.25, 0.3) is 22.2 Å². The highest BCUT2D eigenvalue weighted by molar-refractivity contribution is 6.06. The lowest BCUT2D eigenvalue weighted by Crippen LogP contribution is -2.33. The minimum absolute atomic E-state index is 0.101. The number of rotatable bonds is 8. The second kappa shape index (κ2) is 10.8. The van der Waals surface area contributed by atoms with Crippen molar-refractivity contribution < 1.29 is 9.53 Å². The summed E-state index contributed by atoms with van der Waals surface area (Å²) in [4.78, 5) is 35.8. The number of fused-ring (bicyclic) bond motifs is 1. The van der Waals surface area contributed by atoms with E-state index in [9.17, 15) is 4.79 Å². The number of anilines is 4. The number of likely N-dealkylation sites (tertiary alicyclic amines) is 1. The number of nitrogens with zero attached hydrogens (tertiary/aromatic N) is 7. The van der Waals surface area contributed by atoms with Gasteiger partial charge in [-0.25, -0.2) is 15.0 Å². The number of ether oxygens (including phenoxy) is 1. The van der Waals surface area contributed by atoms with Crippen molar-refractivity contribution in [1.82, 2.24) is 39.6 Å². The number of hydrogen-bond donors (Lipinski definition) is 4. The number of H-pyrrole nitrogens is 1. The summed E-state index contributed by atoms with van der Waals surface area (Å²) in [5.41, 5.74) is 10.9. The second-order valence-electron chi connectivity index (χ2n) is 10.2. The summed E-state index contributed by atoms with van der Waals surface area (Å²) in [6.07, 6.45) is 5.93. The first-order valence-corrected chi connectivity index (χ1v) is 13.3. The van der Waals surface area contributed by atoms with E-state index in [2.05, 4.69) is 40.6 Å².